The van der Waals surface area contributed by atoms with Gasteiger partial charge in [0.15, 0.2) is 0 Å². The number of nitrogens with zero attached hydrogens (tertiary/aromatic N) is 3. The Morgan fingerprint density at radius 2 is 1.67 bits per heavy atom. The highest BCUT2D eigenvalue weighted by molar-refractivity contribution is 5.68. The van der Waals surface area contributed by atoms with Crippen LogP contribution in [-0.4, -0.2) is 52.7 Å². The van der Waals surface area contributed by atoms with Crippen LogP contribution in [0, 0.1) is 5.92 Å². The van der Waals surface area contributed by atoms with E-state index in [0.29, 0.717) is 12.0 Å². The van der Waals surface area contributed by atoms with Gasteiger partial charge >= 0.3 is 6.09 Å². The van der Waals surface area contributed by atoms with Gasteiger partial charge in [-0.3, -0.25) is 9.88 Å². The van der Waals surface area contributed by atoms with Gasteiger partial charge in [0, 0.05) is 38.1 Å². The summed E-state index contributed by atoms with van der Waals surface area (Å²) in [6.07, 6.45) is 14.5. The zero-order valence-corrected chi connectivity index (χ0v) is 16.4. The average molecular weight is 372 g/mol. The molecule has 0 radical (unpaired) electrons. The Bertz CT molecular complexity index is 595. The Labute approximate surface area is 163 Å². The number of carbonyl (C=O) groups is 1. The van der Waals surface area contributed by atoms with Crippen LogP contribution in [0.4, 0.5) is 4.79 Å². The van der Waals surface area contributed by atoms with E-state index in [1.165, 1.54) is 44.2 Å². The number of pyridine rings is 1. The van der Waals surface area contributed by atoms with E-state index >= 15 is 0 Å². The zero-order valence-electron chi connectivity index (χ0n) is 16.4. The molecule has 1 amide bonds. The van der Waals surface area contributed by atoms with Crippen LogP contribution in [0.2, 0.25) is 0 Å². The van der Waals surface area contributed by atoms with Crippen molar-refractivity contribution in [3.8, 4) is 0 Å². The van der Waals surface area contributed by atoms with Crippen LogP contribution >= 0.6 is 0 Å². The third kappa shape index (κ3) is 4.81. The second-order valence-corrected chi connectivity index (χ2v) is 8.50. The van der Waals surface area contributed by atoms with Crippen molar-refractivity contribution in [2.45, 2.75) is 76.5 Å². The molecule has 2 aliphatic heterocycles. The van der Waals surface area contributed by atoms with Gasteiger partial charge < -0.3 is 9.64 Å². The molecule has 27 heavy (non-hydrogen) atoms. The molecular weight excluding hydrogens is 338 g/mol. The predicted molar refractivity (Wildman–Crippen MR) is 105 cm³/mol. The first-order valence-corrected chi connectivity index (χ1v) is 10.9. The Hall–Kier alpha value is -1.62. The van der Waals surface area contributed by atoms with Gasteiger partial charge in [-0.15, -0.1) is 0 Å². The highest BCUT2D eigenvalue weighted by Crippen LogP contribution is 2.32. The first-order chi connectivity index (χ1) is 13.3. The first-order valence-electron chi connectivity index (χ1n) is 10.9. The Morgan fingerprint density at radius 3 is 2.41 bits per heavy atom. The molecule has 2 saturated heterocycles. The lowest BCUT2D eigenvalue weighted by Crippen LogP contribution is -2.48. The van der Waals surface area contributed by atoms with Gasteiger partial charge in [0.2, 0.25) is 0 Å². The van der Waals surface area contributed by atoms with E-state index < -0.39 is 0 Å². The van der Waals surface area contributed by atoms with Gasteiger partial charge in [0.1, 0.15) is 6.10 Å². The summed E-state index contributed by atoms with van der Waals surface area (Å²) in [7, 11) is 0. The monoisotopic (exact) mass is 371 g/mol. The lowest BCUT2D eigenvalue weighted by molar-refractivity contribution is 0.0330. The molecule has 148 valence electrons. The molecule has 0 bridgehead atoms. The fourth-order valence-corrected chi connectivity index (χ4v) is 5.16. The van der Waals surface area contributed by atoms with Crippen LogP contribution in [0.15, 0.2) is 24.5 Å². The number of hydrogen-bond donors (Lipinski definition) is 0. The van der Waals surface area contributed by atoms with Crippen molar-refractivity contribution in [3.05, 3.63) is 30.1 Å². The minimum atomic E-state index is -0.0716. The van der Waals surface area contributed by atoms with Crippen LogP contribution in [0.25, 0.3) is 0 Å². The molecule has 3 heterocycles. The third-order valence-corrected chi connectivity index (χ3v) is 6.71. The summed E-state index contributed by atoms with van der Waals surface area (Å²) >= 11 is 0. The molecule has 1 aliphatic carbocycles. The standard InChI is InChI=1S/C22H33N3O2/c26-22(27-20-5-1-2-6-20)24-15-10-19(11-16-24)21-7-3-4-14-25(21)17-18-8-12-23-13-9-18/h8-9,12-13,19-21H,1-7,10-11,14-17H2. The topological polar surface area (TPSA) is 45.7 Å². The lowest BCUT2D eigenvalue weighted by Gasteiger charge is -2.43. The van der Waals surface area contributed by atoms with Crippen LogP contribution in [-0.2, 0) is 11.3 Å². The van der Waals surface area contributed by atoms with E-state index in [2.05, 4.69) is 22.0 Å². The van der Waals surface area contributed by atoms with Crippen LogP contribution < -0.4 is 0 Å². The van der Waals surface area contributed by atoms with Gasteiger partial charge in [0.05, 0.1) is 0 Å². The number of ether oxygens (including phenoxy) is 1. The number of hydrogen-bond acceptors (Lipinski definition) is 4. The number of likely N-dealkylation sites (tertiary alicyclic amines) is 2. The Morgan fingerprint density at radius 1 is 0.963 bits per heavy atom. The summed E-state index contributed by atoms with van der Waals surface area (Å²) in [5.41, 5.74) is 1.36. The molecule has 4 rings (SSSR count). The summed E-state index contributed by atoms with van der Waals surface area (Å²) in [5, 5.41) is 0. The summed E-state index contributed by atoms with van der Waals surface area (Å²) < 4.78 is 5.70. The zero-order chi connectivity index (χ0) is 18.5. The highest BCUT2D eigenvalue weighted by atomic mass is 16.6. The fourth-order valence-electron chi connectivity index (χ4n) is 5.16. The van der Waals surface area contributed by atoms with Crippen molar-refractivity contribution in [1.29, 1.82) is 0 Å². The molecule has 3 fully saturated rings. The molecule has 1 saturated carbocycles. The number of amides is 1. The average Bonchev–Trinajstić information content (AvgIpc) is 3.22. The van der Waals surface area contributed by atoms with Crippen molar-refractivity contribution in [2.75, 3.05) is 19.6 Å². The van der Waals surface area contributed by atoms with Crippen LogP contribution in [0.1, 0.15) is 63.4 Å². The molecule has 1 aromatic rings. The van der Waals surface area contributed by atoms with Crippen molar-refractivity contribution < 1.29 is 9.53 Å². The first kappa shape index (κ1) is 18.7. The number of aromatic nitrogens is 1. The molecular formula is C22H33N3O2. The van der Waals surface area contributed by atoms with Gasteiger partial charge in [0.25, 0.3) is 0 Å². The minimum absolute atomic E-state index is 0.0716. The van der Waals surface area contributed by atoms with Gasteiger partial charge in [-0.2, -0.15) is 0 Å². The highest BCUT2D eigenvalue weighted by Gasteiger charge is 2.34. The van der Waals surface area contributed by atoms with Gasteiger partial charge in [-0.1, -0.05) is 6.42 Å². The van der Waals surface area contributed by atoms with Gasteiger partial charge in [-0.25, -0.2) is 4.79 Å². The van der Waals surface area contributed by atoms with Crippen molar-refractivity contribution in [2.24, 2.45) is 5.92 Å². The Balaban J connectivity index is 1.30. The molecule has 3 aliphatic rings. The van der Waals surface area contributed by atoms with E-state index in [9.17, 15) is 4.79 Å². The predicted octanol–water partition coefficient (Wildman–Crippen LogP) is 4.23. The molecule has 0 N–H and O–H groups in total. The minimum Gasteiger partial charge on any atom is -0.446 e. The maximum absolute atomic E-state index is 12.4. The summed E-state index contributed by atoms with van der Waals surface area (Å²) in [5.74, 6) is 0.697. The molecule has 1 atom stereocenters. The third-order valence-electron chi connectivity index (χ3n) is 6.71. The lowest BCUT2D eigenvalue weighted by atomic mass is 9.83. The number of rotatable bonds is 4. The smallest absolute Gasteiger partial charge is 0.410 e. The summed E-state index contributed by atoms with van der Waals surface area (Å²) in [6.45, 7) is 3.93. The summed E-state index contributed by atoms with van der Waals surface area (Å²) in [6, 6.07) is 4.92. The fraction of sp³-hybridized carbons (Fsp3) is 0.727. The van der Waals surface area contributed by atoms with E-state index in [0.717, 1.165) is 45.3 Å². The second-order valence-electron chi connectivity index (χ2n) is 8.50. The molecule has 1 unspecified atom stereocenters. The van der Waals surface area contributed by atoms with Crippen molar-refractivity contribution >= 4 is 6.09 Å². The second kappa shape index (κ2) is 9.05. The number of piperidine rings is 2. The van der Waals surface area contributed by atoms with Crippen LogP contribution in [0.3, 0.4) is 0 Å². The Kier molecular flexibility index (Phi) is 6.28. The molecule has 5 nitrogen and oxygen atoms in total. The van der Waals surface area contributed by atoms with E-state index in [1.54, 1.807) is 0 Å². The van der Waals surface area contributed by atoms with Crippen molar-refractivity contribution in [1.82, 2.24) is 14.8 Å². The van der Waals surface area contributed by atoms with E-state index in [-0.39, 0.29) is 12.2 Å². The number of carbonyl (C=O) groups excluding carboxylic acids is 1. The van der Waals surface area contributed by atoms with Gasteiger partial charge in [-0.05, 0) is 81.5 Å². The molecule has 0 spiro atoms. The summed E-state index contributed by atoms with van der Waals surface area (Å²) in [4.78, 5) is 21.2. The SMILES string of the molecule is O=C(OC1CCCC1)N1CCC(C2CCCCN2Cc2ccncc2)CC1. The molecule has 5 heteroatoms. The normalized spacial score (nSPS) is 25.6. The maximum atomic E-state index is 12.4. The maximum Gasteiger partial charge on any atom is 0.410 e. The van der Waals surface area contributed by atoms with Crippen LogP contribution in [0.5, 0.6) is 0 Å². The van der Waals surface area contributed by atoms with E-state index in [4.69, 9.17) is 4.74 Å². The molecule has 1 aromatic heterocycles. The largest absolute Gasteiger partial charge is 0.446 e. The van der Waals surface area contributed by atoms with E-state index in [1.807, 2.05) is 17.3 Å². The molecule has 0 aromatic carbocycles. The van der Waals surface area contributed by atoms with Crippen molar-refractivity contribution in [3.63, 3.8) is 0 Å². The quantitative estimate of drug-likeness (QED) is 0.795.